The van der Waals surface area contributed by atoms with Crippen molar-refractivity contribution in [2.75, 3.05) is 17.2 Å². The standard InChI is InChI=1S/C21H19F3N4O3S/c1-13-19(14(2)29)32-20(26-16-6-4-3-5-7-16)27(13)11-10-25-17-12-15(21(22,23)24)8-9-18(17)28(30)31/h3-9,12,25H,10-11H2,1-2H3/p+1. The molecule has 11 heteroatoms. The van der Waals surface area contributed by atoms with E-state index < -0.39 is 22.4 Å². The van der Waals surface area contributed by atoms with E-state index in [0.717, 1.165) is 17.8 Å². The number of alkyl halides is 3. The summed E-state index contributed by atoms with van der Waals surface area (Å²) in [7, 11) is 0. The number of hydrogen-bond donors (Lipinski definition) is 2. The van der Waals surface area contributed by atoms with Crippen molar-refractivity contribution in [1.29, 1.82) is 0 Å². The van der Waals surface area contributed by atoms with Gasteiger partial charge in [0.05, 0.1) is 17.0 Å². The van der Waals surface area contributed by atoms with Gasteiger partial charge in [0.2, 0.25) is 0 Å². The first-order valence-corrected chi connectivity index (χ1v) is 10.4. The van der Waals surface area contributed by atoms with Crippen LogP contribution in [0.3, 0.4) is 0 Å². The molecule has 0 spiro atoms. The van der Waals surface area contributed by atoms with E-state index in [-0.39, 0.29) is 24.6 Å². The Hall–Kier alpha value is -3.47. The fourth-order valence-corrected chi connectivity index (χ4v) is 4.25. The van der Waals surface area contributed by atoms with Crippen molar-refractivity contribution in [1.82, 2.24) is 0 Å². The number of para-hydroxylation sites is 1. The molecule has 0 unspecified atom stereocenters. The minimum absolute atomic E-state index is 0.102. The minimum Gasteiger partial charge on any atom is -0.376 e. The highest BCUT2D eigenvalue weighted by Gasteiger charge is 2.32. The zero-order valence-corrected chi connectivity index (χ0v) is 18.0. The Balaban J connectivity index is 1.85. The SMILES string of the molecule is CC(=O)c1sc(Nc2ccccc2)[n+](CCNc2cc(C(F)(F)F)ccc2[N+](=O)[O-])c1C. The van der Waals surface area contributed by atoms with Gasteiger partial charge in [0, 0.05) is 13.0 Å². The summed E-state index contributed by atoms with van der Waals surface area (Å²) < 4.78 is 40.9. The maximum Gasteiger partial charge on any atom is 0.416 e. The van der Waals surface area contributed by atoms with Gasteiger partial charge in [-0.25, -0.2) is 9.88 Å². The van der Waals surface area contributed by atoms with Crippen LogP contribution in [0, 0.1) is 17.0 Å². The van der Waals surface area contributed by atoms with Gasteiger partial charge in [0.15, 0.2) is 5.78 Å². The smallest absolute Gasteiger partial charge is 0.376 e. The third kappa shape index (κ3) is 5.22. The van der Waals surface area contributed by atoms with E-state index in [9.17, 15) is 28.1 Å². The predicted octanol–water partition coefficient (Wildman–Crippen LogP) is 5.33. The lowest BCUT2D eigenvalue weighted by molar-refractivity contribution is -0.681. The topological polar surface area (TPSA) is 88.2 Å². The summed E-state index contributed by atoms with van der Waals surface area (Å²) in [5.74, 6) is -0.108. The fourth-order valence-electron chi connectivity index (χ4n) is 3.15. The number of carbonyl (C=O) groups is 1. The summed E-state index contributed by atoms with van der Waals surface area (Å²) in [5, 5.41) is 17.9. The number of Topliss-reactive ketones (excluding diaryl/α,β-unsaturated/α-hetero) is 1. The number of nitro benzene ring substituents is 1. The number of rotatable bonds is 8. The van der Waals surface area contributed by atoms with Crippen LogP contribution in [0.25, 0.3) is 0 Å². The van der Waals surface area contributed by atoms with E-state index in [2.05, 4.69) is 10.6 Å². The molecule has 1 aromatic heterocycles. The van der Waals surface area contributed by atoms with E-state index in [1.54, 1.807) is 6.92 Å². The highest BCUT2D eigenvalue weighted by molar-refractivity contribution is 7.17. The van der Waals surface area contributed by atoms with Gasteiger partial charge in [-0.3, -0.25) is 14.9 Å². The molecule has 3 aromatic rings. The molecule has 0 aliphatic rings. The highest BCUT2D eigenvalue weighted by atomic mass is 32.1. The Labute approximate surface area is 185 Å². The lowest BCUT2D eigenvalue weighted by Gasteiger charge is -2.11. The van der Waals surface area contributed by atoms with Crippen molar-refractivity contribution >= 4 is 39.3 Å². The molecule has 0 aliphatic heterocycles. The number of thiazole rings is 1. The Morgan fingerprint density at radius 1 is 1.19 bits per heavy atom. The Morgan fingerprint density at radius 2 is 1.88 bits per heavy atom. The average Bonchev–Trinajstić information content (AvgIpc) is 3.03. The largest absolute Gasteiger partial charge is 0.416 e. The van der Waals surface area contributed by atoms with E-state index in [4.69, 9.17) is 0 Å². The van der Waals surface area contributed by atoms with Gasteiger partial charge in [-0.2, -0.15) is 13.2 Å². The fraction of sp³-hybridized carbons (Fsp3) is 0.238. The number of anilines is 3. The summed E-state index contributed by atoms with van der Waals surface area (Å²) in [5.41, 5.74) is -0.143. The average molecular weight is 465 g/mol. The maximum absolute atomic E-state index is 13.0. The van der Waals surface area contributed by atoms with Crippen LogP contribution in [0.2, 0.25) is 0 Å². The Bertz CT molecular complexity index is 1150. The van der Waals surface area contributed by atoms with Gasteiger partial charge < -0.3 is 5.32 Å². The van der Waals surface area contributed by atoms with Gasteiger partial charge in [0.25, 0.3) is 5.69 Å². The number of halogens is 3. The van der Waals surface area contributed by atoms with Crippen LogP contribution < -0.4 is 15.2 Å². The number of aromatic nitrogens is 1. The summed E-state index contributed by atoms with van der Waals surface area (Å²) in [4.78, 5) is 23.1. The number of benzene rings is 2. The zero-order chi connectivity index (χ0) is 23.5. The summed E-state index contributed by atoms with van der Waals surface area (Å²) in [6.45, 7) is 3.60. The molecular formula is C21H20F3N4O3S+. The van der Waals surface area contributed by atoms with Crippen LogP contribution in [0.15, 0.2) is 48.5 Å². The molecule has 0 amide bonds. The molecule has 32 heavy (non-hydrogen) atoms. The van der Waals surface area contributed by atoms with Gasteiger partial charge in [0.1, 0.15) is 28.5 Å². The summed E-state index contributed by atoms with van der Waals surface area (Å²) in [6.07, 6.45) is -4.62. The van der Waals surface area contributed by atoms with Gasteiger partial charge in [-0.05, 0) is 42.5 Å². The lowest BCUT2D eigenvalue weighted by Crippen LogP contribution is -2.40. The molecule has 0 radical (unpaired) electrons. The maximum atomic E-state index is 13.0. The number of hydrogen-bond acceptors (Lipinski definition) is 6. The van der Waals surface area contributed by atoms with Crippen LogP contribution in [0.5, 0.6) is 0 Å². The van der Waals surface area contributed by atoms with Crippen molar-refractivity contribution in [2.24, 2.45) is 0 Å². The third-order valence-corrected chi connectivity index (χ3v) is 6.00. The van der Waals surface area contributed by atoms with Crippen LogP contribution in [-0.4, -0.2) is 17.3 Å². The molecule has 1 heterocycles. The third-order valence-electron chi connectivity index (χ3n) is 4.69. The molecular weight excluding hydrogens is 445 g/mol. The van der Waals surface area contributed by atoms with Gasteiger partial charge in [-0.15, -0.1) is 0 Å². The molecule has 2 N–H and O–H groups in total. The molecule has 0 saturated carbocycles. The second-order valence-electron chi connectivity index (χ2n) is 6.93. The van der Waals surface area contributed by atoms with Crippen molar-refractivity contribution in [3.63, 3.8) is 0 Å². The first-order valence-electron chi connectivity index (χ1n) is 9.53. The molecule has 0 saturated heterocycles. The minimum atomic E-state index is -4.62. The molecule has 7 nitrogen and oxygen atoms in total. The molecule has 3 rings (SSSR count). The van der Waals surface area contributed by atoms with Crippen molar-refractivity contribution in [3.8, 4) is 0 Å². The molecule has 0 atom stereocenters. The number of nitrogens with one attached hydrogen (secondary N) is 2. The first-order chi connectivity index (χ1) is 15.1. The molecule has 2 aromatic carbocycles. The second-order valence-corrected chi connectivity index (χ2v) is 7.93. The van der Waals surface area contributed by atoms with Crippen LogP contribution in [0.1, 0.15) is 27.9 Å². The predicted molar refractivity (Wildman–Crippen MR) is 116 cm³/mol. The monoisotopic (exact) mass is 465 g/mol. The van der Waals surface area contributed by atoms with Crippen LogP contribution in [-0.2, 0) is 12.7 Å². The molecule has 168 valence electrons. The normalized spacial score (nSPS) is 11.3. The van der Waals surface area contributed by atoms with Crippen LogP contribution >= 0.6 is 11.3 Å². The first kappa shape index (κ1) is 23.2. The zero-order valence-electron chi connectivity index (χ0n) is 17.2. The van der Waals surface area contributed by atoms with E-state index in [0.29, 0.717) is 21.8 Å². The number of nitro groups is 1. The van der Waals surface area contributed by atoms with Crippen molar-refractivity contribution < 1.29 is 27.5 Å². The quantitative estimate of drug-likeness (QED) is 0.203. The van der Waals surface area contributed by atoms with E-state index in [1.807, 2.05) is 34.9 Å². The van der Waals surface area contributed by atoms with Crippen molar-refractivity contribution in [3.05, 3.63) is 74.8 Å². The molecule has 0 bridgehead atoms. The number of carbonyl (C=O) groups excluding carboxylic acids is 1. The molecule has 0 aliphatic carbocycles. The van der Waals surface area contributed by atoms with Gasteiger partial charge >= 0.3 is 11.3 Å². The Morgan fingerprint density at radius 3 is 2.47 bits per heavy atom. The van der Waals surface area contributed by atoms with Crippen LogP contribution in [0.4, 0.5) is 35.4 Å². The highest BCUT2D eigenvalue weighted by Crippen LogP contribution is 2.34. The van der Waals surface area contributed by atoms with E-state index >= 15 is 0 Å². The van der Waals surface area contributed by atoms with Gasteiger partial charge in [-0.1, -0.05) is 18.2 Å². The lowest BCUT2D eigenvalue weighted by atomic mass is 10.1. The molecule has 0 fully saturated rings. The number of nitrogens with zero attached hydrogens (tertiary/aromatic N) is 2. The van der Waals surface area contributed by atoms with Crippen molar-refractivity contribution in [2.45, 2.75) is 26.6 Å². The Kier molecular flexibility index (Phi) is 6.78. The van der Waals surface area contributed by atoms with E-state index in [1.165, 1.54) is 18.3 Å². The summed E-state index contributed by atoms with van der Waals surface area (Å²) >= 11 is 1.27. The second kappa shape index (κ2) is 9.35. The summed E-state index contributed by atoms with van der Waals surface area (Å²) in [6, 6.07) is 11.5. The number of ketones is 1.